The molecule has 0 radical (unpaired) electrons. The highest BCUT2D eigenvalue weighted by Crippen LogP contribution is 2.42. The van der Waals surface area contributed by atoms with Gasteiger partial charge in [-0.15, -0.1) is 0 Å². The largest absolute Gasteiger partial charge is 0.496 e. The monoisotopic (exact) mass is 415 g/mol. The van der Waals surface area contributed by atoms with Crippen LogP contribution in [0.4, 0.5) is 0 Å². The molecule has 0 heterocycles. The van der Waals surface area contributed by atoms with Crippen molar-refractivity contribution < 1.29 is 18.8 Å². The van der Waals surface area contributed by atoms with Gasteiger partial charge in [0.2, 0.25) is 0 Å². The molecule has 2 atom stereocenters. The maximum absolute atomic E-state index is 13.4. The van der Waals surface area contributed by atoms with E-state index in [2.05, 4.69) is 6.92 Å². The zero-order valence-corrected chi connectivity index (χ0v) is 18.6. The summed E-state index contributed by atoms with van der Waals surface area (Å²) in [6.07, 6.45) is 7.08. The first-order valence-corrected chi connectivity index (χ1v) is 11.7. The Labute approximate surface area is 175 Å². The van der Waals surface area contributed by atoms with Gasteiger partial charge in [0.05, 0.1) is 14.2 Å². The summed E-state index contributed by atoms with van der Waals surface area (Å²) in [6.45, 7) is 2.19. The highest BCUT2D eigenvalue weighted by Gasteiger charge is 2.42. The molecular formula is C24H32O4P+. The van der Waals surface area contributed by atoms with Gasteiger partial charge in [-0.05, 0) is 30.5 Å². The van der Waals surface area contributed by atoms with Crippen LogP contribution in [0.3, 0.4) is 0 Å². The molecule has 2 aromatic carbocycles. The number of hydrogen-bond acceptors (Lipinski definition) is 4. The van der Waals surface area contributed by atoms with Crippen LogP contribution in [0.5, 0.6) is 11.5 Å². The van der Waals surface area contributed by atoms with E-state index < -0.39 is 7.80 Å². The van der Waals surface area contributed by atoms with E-state index in [-0.39, 0.29) is 16.7 Å². The fourth-order valence-electron chi connectivity index (χ4n) is 3.51. The fourth-order valence-corrected chi connectivity index (χ4v) is 5.08. The van der Waals surface area contributed by atoms with Crippen molar-refractivity contribution in [2.24, 2.45) is 0 Å². The molecule has 0 amide bonds. The molecule has 0 spiro atoms. The van der Waals surface area contributed by atoms with E-state index >= 15 is 0 Å². The van der Waals surface area contributed by atoms with Gasteiger partial charge in [0.1, 0.15) is 11.5 Å². The molecule has 0 aromatic heterocycles. The maximum Gasteiger partial charge on any atom is 0.423 e. The molecule has 0 aliphatic heterocycles. The third-order valence-electron chi connectivity index (χ3n) is 5.13. The van der Waals surface area contributed by atoms with Crippen LogP contribution in [0.1, 0.15) is 61.4 Å². The van der Waals surface area contributed by atoms with E-state index in [1.54, 1.807) is 18.2 Å². The Kier molecular flexibility index (Phi) is 9.87. The number of benzene rings is 2. The summed E-state index contributed by atoms with van der Waals surface area (Å²) in [7, 11) is 0.893. The minimum absolute atomic E-state index is 0.198. The Hall–Kier alpha value is -2.19. The van der Waals surface area contributed by atoms with Crippen LogP contribution < -0.4 is 9.47 Å². The lowest BCUT2D eigenvalue weighted by Crippen LogP contribution is -2.13. The molecule has 2 unspecified atom stereocenters. The van der Waals surface area contributed by atoms with E-state index in [0.29, 0.717) is 17.9 Å². The van der Waals surface area contributed by atoms with Crippen LogP contribution in [0, 0.1) is 0 Å². The molecule has 29 heavy (non-hydrogen) atoms. The number of ether oxygens (including phenoxy) is 2. The normalized spacial score (nSPS) is 12.3. The molecule has 4 nitrogen and oxygen atoms in total. The lowest BCUT2D eigenvalue weighted by atomic mass is 10.0. The summed E-state index contributed by atoms with van der Waals surface area (Å²) in [5.74, 6) is 0.804. The van der Waals surface area contributed by atoms with Gasteiger partial charge in [0, 0.05) is 6.42 Å². The molecule has 0 saturated carbocycles. The predicted octanol–water partition coefficient (Wildman–Crippen LogP) is 6.64. The van der Waals surface area contributed by atoms with Gasteiger partial charge in [-0.2, -0.15) is 0 Å². The Morgan fingerprint density at radius 2 is 1.52 bits per heavy atom. The minimum atomic E-state index is -2.12. The molecule has 0 aliphatic carbocycles. The molecule has 5 heteroatoms. The van der Waals surface area contributed by atoms with Crippen molar-refractivity contribution in [2.75, 3.05) is 14.2 Å². The van der Waals surface area contributed by atoms with E-state index in [9.17, 15) is 9.36 Å². The summed E-state index contributed by atoms with van der Waals surface area (Å²) in [4.78, 5) is 13.2. The molecular weight excluding hydrogens is 383 g/mol. The summed E-state index contributed by atoms with van der Waals surface area (Å²) in [5.41, 5.74) is 0.803. The number of methoxy groups -OCH3 is 2. The summed E-state index contributed by atoms with van der Waals surface area (Å²) in [5, 5.41) is 0. The van der Waals surface area contributed by atoms with Gasteiger partial charge < -0.3 is 9.47 Å². The Morgan fingerprint density at radius 1 is 0.897 bits per heavy atom. The Balaban J connectivity index is 2.22. The predicted molar refractivity (Wildman–Crippen MR) is 119 cm³/mol. The van der Waals surface area contributed by atoms with Crippen molar-refractivity contribution in [3.8, 4) is 11.5 Å². The molecule has 2 aromatic rings. The van der Waals surface area contributed by atoms with Crippen LogP contribution in [0.15, 0.2) is 48.5 Å². The van der Waals surface area contributed by atoms with Gasteiger partial charge in [-0.1, -0.05) is 73.6 Å². The highest BCUT2D eigenvalue weighted by atomic mass is 31.1. The molecule has 0 fully saturated rings. The van der Waals surface area contributed by atoms with Crippen molar-refractivity contribution in [3.05, 3.63) is 59.7 Å². The highest BCUT2D eigenvalue weighted by molar-refractivity contribution is 7.65. The number of carbonyl (C=O) groups excluding carboxylic acids is 1. The van der Waals surface area contributed by atoms with Crippen LogP contribution >= 0.6 is 7.80 Å². The number of hydrogen-bond donors (Lipinski definition) is 0. The van der Waals surface area contributed by atoms with Crippen LogP contribution in [0.2, 0.25) is 0 Å². The summed E-state index contributed by atoms with van der Waals surface area (Å²) < 4.78 is 24.1. The van der Waals surface area contributed by atoms with Crippen LogP contribution in [-0.2, 0) is 11.0 Å². The van der Waals surface area contributed by atoms with E-state index in [1.807, 2.05) is 30.3 Å². The lowest BCUT2D eigenvalue weighted by molar-refractivity contribution is 0.107. The second-order valence-corrected chi connectivity index (χ2v) is 9.00. The number of rotatable bonds is 13. The average molecular weight is 415 g/mol. The van der Waals surface area contributed by atoms with Crippen LogP contribution in [-0.4, -0.2) is 25.4 Å². The summed E-state index contributed by atoms with van der Waals surface area (Å²) >= 11 is 0. The molecule has 0 saturated heterocycles. The van der Waals surface area contributed by atoms with Crippen molar-refractivity contribution in [1.82, 2.24) is 0 Å². The van der Waals surface area contributed by atoms with E-state index in [4.69, 9.17) is 9.47 Å². The first-order valence-electron chi connectivity index (χ1n) is 10.4. The second-order valence-electron chi connectivity index (χ2n) is 7.21. The minimum Gasteiger partial charge on any atom is -0.496 e. The van der Waals surface area contributed by atoms with E-state index in [1.165, 1.54) is 33.5 Å². The first kappa shape index (κ1) is 23.1. The molecule has 0 bridgehead atoms. The van der Waals surface area contributed by atoms with Gasteiger partial charge in [0.25, 0.3) is 0 Å². The van der Waals surface area contributed by atoms with Crippen molar-refractivity contribution >= 4 is 13.3 Å². The van der Waals surface area contributed by atoms with Gasteiger partial charge in [0.15, 0.2) is 11.2 Å². The quantitative estimate of drug-likeness (QED) is 0.272. The van der Waals surface area contributed by atoms with Crippen molar-refractivity contribution in [2.45, 2.75) is 57.5 Å². The van der Waals surface area contributed by atoms with Crippen molar-refractivity contribution in [3.63, 3.8) is 0 Å². The molecule has 156 valence electrons. The zero-order valence-electron chi connectivity index (χ0n) is 17.7. The third kappa shape index (κ3) is 6.68. The first-order chi connectivity index (χ1) is 14.1. The molecule has 2 rings (SSSR count). The third-order valence-corrected chi connectivity index (χ3v) is 6.86. The molecule has 0 N–H and O–H groups in total. The Morgan fingerprint density at radius 3 is 2.10 bits per heavy atom. The zero-order chi connectivity index (χ0) is 21.1. The molecule has 0 aliphatic rings. The Bertz CT molecular complexity index is 766. The van der Waals surface area contributed by atoms with Crippen molar-refractivity contribution in [1.29, 1.82) is 0 Å². The van der Waals surface area contributed by atoms with Gasteiger partial charge >= 0.3 is 13.3 Å². The van der Waals surface area contributed by atoms with Gasteiger partial charge in [-0.25, -0.2) is 4.79 Å². The fraction of sp³-hybridized carbons (Fsp3) is 0.458. The standard InChI is InChI=1S/C24H32O4P/c1-4-5-6-7-11-15-20(18-19-13-9-8-10-14-19)29(26)24(25)23-21(27-2)16-12-17-22(23)28-3/h8-10,12-14,16-17,20H,4-7,11,15,18H2,1-3H3/q+1. The topological polar surface area (TPSA) is 52.6 Å². The number of unbranched alkanes of at least 4 members (excludes halogenated alkanes) is 4. The van der Waals surface area contributed by atoms with E-state index in [0.717, 1.165) is 24.8 Å². The smallest absolute Gasteiger partial charge is 0.423 e. The van der Waals surface area contributed by atoms with Crippen LogP contribution in [0.25, 0.3) is 0 Å². The SMILES string of the molecule is CCCCCCCC(Cc1ccccc1)[P+](=O)C(=O)c1c(OC)cccc1OC. The number of carbonyl (C=O) groups is 1. The van der Waals surface area contributed by atoms with Gasteiger partial charge in [-0.3, -0.25) is 0 Å². The second kappa shape index (κ2) is 12.4. The summed E-state index contributed by atoms with van der Waals surface area (Å²) in [6, 6.07) is 15.1. The lowest BCUT2D eigenvalue weighted by Gasteiger charge is -2.11. The maximum atomic E-state index is 13.4. The average Bonchev–Trinajstić information content (AvgIpc) is 2.77.